The molecule has 3 aliphatic heterocycles. The Hall–Kier alpha value is -2.40. The van der Waals surface area contributed by atoms with Gasteiger partial charge in [0.25, 0.3) is 5.92 Å². The number of urea groups is 1. The predicted molar refractivity (Wildman–Crippen MR) is 131 cm³/mol. The van der Waals surface area contributed by atoms with Crippen molar-refractivity contribution in [3.8, 4) is 0 Å². The number of hydrogen-bond acceptors (Lipinski definition) is 7. The van der Waals surface area contributed by atoms with Crippen LogP contribution in [-0.2, 0) is 0 Å². The average Bonchev–Trinajstić information content (AvgIpc) is 3.03. The van der Waals surface area contributed by atoms with Crippen LogP contribution >= 0.6 is 0 Å². The van der Waals surface area contributed by atoms with Crippen LogP contribution in [-0.4, -0.2) is 96.9 Å². The number of nitrogens with zero attached hydrogens (tertiary/aromatic N) is 5. The van der Waals surface area contributed by atoms with E-state index in [1.807, 2.05) is 11.0 Å². The molecule has 11 heteroatoms. The van der Waals surface area contributed by atoms with Crippen molar-refractivity contribution in [1.29, 1.82) is 5.53 Å². The van der Waals surface area contributed by atoms with E-state index in [9.17, 15) is 13.6 Å². The third kappa shape index (κ3) is 6.84. The van der Waals surface area contributed by atoms with Crippen molar-refractivity contribution < 1.29 is 18.3 Å². The molecule has 9 nitrogen and oxygen atoms in total. The van der Waals surface area contributed by atoms with E-state index in [0.717, 1.165) is 68.9 Å². The summed E-state index contributed by atoms with van der Waals surface area (Å²) >= 11 is 0. The topological polar surface area (TPSA) is 90.6 Å². The van der Waals surface area contributed by atoms with E-state index in [2.05, 4.69) is 20.4 Å². The fourth-order valence-corrected chi connectivity index (χ4v) is 5.21. The van der Waals surface area contributed by atoms with Gasteiger partial charge < -0.3 is 15.1 Å². The van der Waals surface area contributed by atoms with Crippen LogP contribution in [0.5, 0.6) is 0 Å². The summed E-state index contributed by atoms with van der Waals surface area (Å²) in [5.74, 6) is -1.16. The van der Waals surface area contributed by atoms with E-state index in [-0.39, 0.29) is 19.0 Å². The number of amides is 2. The zero-order chi connectivity index (χ0) is 24.8. The monoisotopic (exact) mass is 493 g/mol. The molecule has 35 heavy (non-hydrogen) atoms. The largest absolute Gasteiger partial charge is 0.517 e. The highest BCUT2D eigenvalue weighted by Gasteiger charge is 2.38. The van der Waals surface area contributed by atoms with Crippen LogP contribution in [0.3, 0.4) is 0 Å². The Kier molecular flexibility index (Phi) is 8.48. The van der Waals surface area contributed by atoms with Crippen molar-refractivity contribution in [2.75, 3.05) is 69.6 Å². The van der Waals surface area contributed by atoms with E-state index in [1.54, 1.807) is 13.1 Å². The summed E-state index contributed by atoms with van der Waals surface area (Å²) in [6, 6.07) is 3.20. The molecule has 1 aromatic heterocycles. The summed E-state index contributed by atoms with van der Waals surface area (Å²) in [6.45, 7) is 5.31. The molecule has 3 N–H and O–H groups in total. The number of likely N-dealkylation sites (tertiary alicyclic amines) is 2. The van der Waals surface area contributed by atoms with Gasteiger partial charge in [0.05, 0.1) is 12.6 Å². The van der Waals surface area contributed by atoms with E-state index in [4.69, 9.17) is 10.5 Å². The number of carbonyl (C=O) groups is 1. The summed E-state index contributed by atoms with van der Waals surface area (Å²) < 4.78 is 27.6. The van der Waals surface area contributed by atoms with Gasteiger partial charge in [-0.2, -0.15) is 4.79 Å². The summed E-state index contributed by atoms with van der Waals surface area (Å²) in [5, 5.41) is 6.02. The molecule has 1 aromatic rings. The molecule has 194 valence electrons. The molecule has 0 aliphatic carbocycles. The number of hydrogen-bond donors (Lipinski definition) is 3. The highest BCUT2D eigenvalue weighted by atomic mass is 19.3. The van der Waals surface area contributed by atoms with Crippen LogP contribution in [0.15, 0.2) is 12.1 Å². The van der Waals surface area contributed by atoms with Gasteiger partial charge in [0.2, 0.25) is 5.69 Å². The Bertz CT molecular complexity index is 882. The second-order valence-electron chi connectivity index (χ2n) is 9.97. The van der Waals surface area contributed by atoms with E-state index in [1.165, 1.54) is 12.8 Å². The summed E-state index contributed by atoms with van der Waals surface area (Å²) in [5.41, 5.74) is 8.84. The maximum absolute atomic E-state index is 13.4. The number of rotatable bonds is 7. The van der Waals surface area contributed by atoms with Crippen LogP contribution in [0.1, 0.15) is 44.9 Å². The van der Waals surface area contributed by atoms with Gasteiger partial charge in [-0.05, 0) is 25.0 Å². The van der Waals surface area contributed by atoms with Gasteiger partial charge in [0.15, 0.2) is 5.82 Å². The molecule has 2 amide bonds. The minimum absolute atomic E-state index is 0.00918. The van der Waals surface area contributed by atoms with Crippen molar-refractivity contribution >= 4 is 23.4 Å². The van der Waals surface area contributed by atoms with Gasteiger partial charge >= 0.3 is 6.03 Å². The van der Waals surface area contributed by atoms with Crippen LogP contribution < -0.4 is 15.5 Å². The zero-order valence-corrected chi connectivity index (χ0v) is 20.7. The number of aromatic nitrogens is 1. The fraction of sp³-hybridized carbons (Fsp3) is 0.750. The summed E-state index contributed by atoms with van der Waals surface area (Å²) in [4.78, 5) is 23.9. The molecule has 4 rings (SSSR count). The number of carbonyl (C=O) groups excluding carboxylic acids is 1. The van der Waals surface area contributed by atoms with Gasteiger partial charge in [0, 0.05) is 72.1 Å². The Morgan fingerprint density at radius 2 is 1.77 bits per heavy atom. The van der Waals surface area contributed by atoms with Gasteiger partial charge in [-0.1, -0.05) is 17.5 Å². The number of pyridine rings is 1. The number of nitrogens with one attached hydrogen (secondary N) is 3. The molecule has 0 unspecified atom stereocenters. The number of alkyl halides is 2. The first kappa shape index (κ1) is 25.7. The molecule has 0 spiro atoms. The molecule has 3 saturated heterocycles. The molecule has 0 bridgehead atoms. The lowest BCUT2D eigenvalue weighted by Gasteiger charge is -2.31. The molecular formula is C24H39F2N8O+. The first-order valence-corrected chi connectivity index (χ1v) is 12.9. The zero-order valence-electron chi connectivity index (χ0n) is 20.7. The average molecular weight is 494 g/mol. The molecule has 3 aliphatic rings. The quantitative estimate of drug-likeness (QED) is 0.397. The minimum Gasteiger partial charge on any atom is -0.369 e. The van der Waals surface area contributed by atoms with E-state index in [0.29, 0.717) is 24.6 Å². The predicted octanol–water partition coefficient (Wildman–Crippen LogP) is 3.69. The smallest absolute Gasteiger partial charge is 0.369 e. The molecule has 0 radical (unpaired) electrons. The summed E-state index contributed by atoms with van der Waals surface area (Å²) in [6.07, 6.45) is 6.30. The Balaban J connectivity index is 1.25. The lowest BCUT2D eigenvalue weighted by Crippen LogP contribution is -2.47. The molecule has 3 fully saturated rings. The number of anilines is 2. The molecule has 0 atom stereocenters. The van der Waals surface area contributed by atoms with Crippen LogP contribution in [0, 0.1) is 5.53 Å². The lowest BCUT2D eigenvalue weighted by atomic mass is 10.1. The highest BCUT2D eigenvalue weighted by Crippen LogP contribution is 2.28. The van der Waals surface area contributed by atoms with Gasteiger partial charge in [0.1, 0.15) is 5.82 Å². The Labute approximate surface area is 206 Å². The van der Waals surface area contributed by atoms with Crippen molar-refractivity contribution in [2.24, 2.45) is 0 Å². The molecular weight excluding hydrogens is 454 g/mol. The molecule has 0 aromatic carbocycles. The second-order valence-corrected chi connectivity index (χ2v) is 9.97. The van der Waals surface area contributed by atoms with Crippen molar-refractivity contribution in [1.82, 2.24) is 20.1 Å². The minimum atomic E-state index is -2.55. The van der Waals surface area contributed by atoms with Crippen LogP contribution in [0.4, 0.5) is 30.9 Å². The third-order valence-electron chi connectivity index (χ3n) is 7.37. The normalized spacial score (nSPS) is 22.1. The van der Waals surface area contributed by atoms with Crippen molar-refractivity contribution in [3.05, 3.63) is 12.1 Å². The van der Waals surface area contributed by atoms with Crippen LogP contribution in [0.2, 0.25) is 0 Å². The van der Waals surface area contributed by atoms with Crippen LogP contribution in [0.25, 0.3) is 0 Å². The van der Waals surface area contributed by atoms with Gasteiger partial charge in [-0.3, -0.25) is 4.90 Å². The fourth-order valence-electron chi connectivity index (χ4n) is 5.21. The third-order valence-corrected chi connectivity index (χ3v) is 7.37. The lowest BCUT2D eigenvalue weighted by molar-refractivity contribution is -0.436. The van der Waals surface area contributed by atoms with Gasteiger partial charge in [-0.25, -0.2) is 19.1 Å². The number of piperidine rings is 1. The first-order valence-electron chi connectivity index (χ1n) is 12.9. The molecule has 4 heterocycles. The first-order chi connectivity index (χ1) is 16.8. The van der Waals surface area contributed by atoms with E-state index >= 15 is 0 Å². The molecule has 0 saturated carbocycles. The summed E-state index contributed by atoms with van der Waals surface area (Å²) in [7, 11) is 1.75. The SMILES string of the molecule is CNc1nc(N2CCCCCC2)ccc1[N+](=N)C(=O)NC1CCN(CCN2CCC(F)(F)C2)CC1. The van der Waals surface area contributed by atoms with Crippen molar-refractivity contribution in [2.45, 2.75) is 56.9 Å². The van der Waals surface area contributed by atoms with Gasteiger partial charge in [-0.15, -0.1) is 5.53 Å². The van der Waals surface area contributed by atoms with E-state index < -0.39 is 12.0 Å². The highest BCUT2D eigenvalue weighted by molar-refractivity contribution is 5.71. The Morgan fingerprint density at radius 1 is 1.09 bits per heavy atom. The standard InChI is InChI=1S/C24H38F2N8O/c1-28-22-20(6-7-21(30-22)33-11-4-2-3-5-12-33)34(27)23(35)29-19-8-13-31(14-9-19)16-17-32-15-10-24(25,26)18-32/h6-7,19H,2-5,8-18H2,1H3,(H2-,27,28,29,30,35)/p+1. The number of halogens is 2. The van der Waals surface area contributed by atoms with Crippen molar-refractivity contribution in [3.63, 3.8) is 0 Å². The second kappa shape index (κ2) is 11.6. The maximum atomic E-state index is 13.4. The maximum Gasteiger partial charge on any atom is 0.517 e. The Morgan fingerprint density at radius 3 is 2.40 bits per heavy atom.